The second-order valence-electron chi connectivity index (χ2n) is 6.27. The van der Waals surface area contributed by atoms with Crippen molar-refractivity contribution in [1.29, 1.82) is 5.41 Å². The minimum absolute atomic E-state index is 0.00590. The lowest BCUT2D eigenvalue weighted by Gasteiger charge is -2.47. The van der Waals surface area contributed by atoms with E-state index < -0.39 is 0 Å². The van der Waals surface area contributed by atoms with Gasteiger partial charge < -0.3 is 15.4 Å². The molecule has 1 fully saturated rings. The molecule has 5 heteroatoms. The molecule has 2 heterocycles. The minimum atomic E-state index is -0.227. The summed E-state index contributed by atoms with van der Waals surface area (Å²) in [6, 6.07) is 5.58. The highest BCUT2D eigenvalue weighted by Crippen LogP contribution is 2.30. The second kappa shape index (κ2) is 4.49. The molecule has 1 aliphatic rings. The molecule has 0 atom stereocenters. The van der Waals surface area contributed by atoms with Crippen LogP contribution < -0.4 is 10.6 Å². The maximum absolute atomic E-state index is 7.47. The summed E-state index contributed by atoms with van der Waals surface area (Å²) in [7, 11) is 0. The Kier molecular flexibility index (Phi) is 3.26. The van der Waals surface area contributed by atoms with Crippen molar-refractivity contribution in [3.63, 3.8) is 0 Å². The molecule has 3 N–H and O–H groups in total. The highest BCUT2D eigenvalue weighted by Gasteiger charge is 2.38. The third-order valence-corrected chi connectivity index (χ3v) is 3.03. The molecule has 19 heavy (non-hydrogen) atoms. The van der Waals surface area contributed by atoms with Gasteiger partial charge in [-0.05, 0) is 39.8 Å². The van der Waals surface area contributed by atoms with Crippen LogP contribution in [0.4, 0.5) is 5.82 Å². The van der Waals surface area contributed by atoms with Gasteiger partial charge in [0, 0.05) is 13.1 Å². The van der Waals surface area contributed by atoms with Gasteiger partial charge in [-0.2, -0.15) is 0 Å². The Morgan fingerprint density at radius 1 is 1.26 bits per heavy atom. The zero-order valence-electron chi connectivity index (χ0n) is 12.0. The van der Waals surface area contributed by atoms with Gasteiger partial charge in [-0.25, -0.2) is 4.98 Å². The number of amidine groups is 1. The van der Waals surface area contributed by atoms with E-state index in [0.717, 1.165) is 18.9 Å². The number of nitrogen functional groups attached to an aromatic ring is 1. The fourth-order valence-corrected chi connectivity index (χ4v) is 2.70. The van der Waals surface area contributed by atoms with Crippen LogP contribution in [-0.4, -0.2) is 35.1 Å². The molecular formula is C14H22N4O. The number of hydrogen-bond acceptors (Lipinski definition) is 4. The van der Waals surface area contributed by atoms with Crippen molar-refractivity contribution in [3.05, 3.63) is 23.9 Å². The van der Waals surface area contributed by atoms with E-state index in [0.29, 0.717) is 5.69 Å². The fourth-order valence-electron chi connectivity index (χ4n) is 2.70. The predicted octanol–water partition coefficient (Wildman–Crippen LogP) is 1.76. The molecule has 5 nitrogen and oxygen atoms in total. The molecule has 1 aromatic rings. The maximum atomic E-state index is 7.47. The van der Waals surface area contributed by atoms with Gasteiger partial charge in [0.15, 0.2) is 0 Å². The van der Waals surface area contributed by atoms with Crippen molar-refractivity contribution in [3.8, 4) is 0 Å². The van der Waals surface area contributed by atoms with Gasteiger partial charge in [0.1, 0.15) is 17.3 Å². The summed E-state index contributed by atoms with van der Waals surface area (Å²) in [5.74, 6) is 0.839. The molecule has 0 amide bonds. The van der Waals surface area contributed by atoms with Crippen molar-refractivity contribution in [2.45, 2.75) is 38.9 Å². The zero-order valence-corrected chi connectivity index (χ0v) is 12.0. The van der Waals surface area contributed by atoms with Gasteiger partial charge in [-0.15, -0.1) is 0 Å². The van der Waals surface area contributed by atoms with Crippen molar-refractivity contribution in [1.82, 2.24) is 4.98 Å². The van der Waals surface area contributed by atoms with Crippen LogP contribution in [0.25, 0.3) is 0 Å². The number of anilines is 1. The van der Waals surface area contributed by atoms with Gasteiger partial charge in [-0.3, -0.25) is 5.41 Å². The number of rotatable bonds is 2. The van der Waals surface area contributed by atoms with E-state index in [2.05, 4.69) is 37.6 Å². The summed E-state index contributed by atoms with van der Waals surface area (Å²) in [6.07, 6.45) is 0. The number of morpholine rings is 1. The first kappa shape index (κ1) is 13.8. The quantitative estimate of drug-likeness (QED) is 0.629. The molecule has 0 unspecified atom stereocenters. The average Bonchev–Trinajstić information content (AvgIpc) is 2.25. The van der Waals surface area contributed by atoms with Crippen molar-refractivity contribution < 1.29 is 4.74 Å². The first-order chi connectivity index (χ1) is 8.69. The Bertz CT molecular complexity index is 480. The van der Waals surface area contributed by atoms with E-state index in [9.17, 15) is 0 Å². The Labute approximate surface area is 114 Å². The molecule has 1 saturated heterocycles. The lowest BCUT2D eigenvalue weighted by molar-refractivity contribution is -0.133. The summed E-state index contributed by atoms with van der Waals surface area (Å²) in [5.41, 5.74) is 5.56. The van der Waals surface area contributed by atoms with Gasteiger partial charge in [-0.1, -0.05) is 6.07 Å². The zero-order chi connectivity index (χ0) is 14.3. The Morgan fingerprint density at radius 3 is 2.37 bits per heavy atom. The molecule has 104 valence electrons. The third kappa shape index (κ3) is 3.23. The Balaban J connectivity index is 2.30. The van der Waals surface area contributed by atoms with Gasteiger partial charge >= 0.3 is 0 Å². The van der Waals surface area contributed by atoms with Crippen LogP contribution in [0.3, 0.4) is 0 Å². The average molecular weight is 262 g/mol. The van der Waals surface area contributed by atoms with Crippen LogP contribution in [0, 0.1) is 5.41 Å². The number of pyridine rings is 1. The van der Waals surface area contributed by atoms with Crippen LogP contribution in [0.5, 0.6) is 0 Å². The first-order valence-electron chi connectivity index (χ1n) is 6.45. The first-order valence-corrected chi connectivity index (χ1v) is 6.45. The summed E-state index contributed by atoms with van der Waals surface area (Å²) >= 11 is 0. The van der Waals surface area contributed by atoms with Crippen molar-refractivity contribution >= 4 is 11.7 Å². The van der Waals surface area contributed by atoms with E-state index in [1.807, 2.05) is 12.1 Å². The van der Waals surface area contributed by atoms with E-state index in [1.165, 1.54) is 0 Å². The topological polar surface area (TPSA) is 75.2 Å². The third-order valence-electron chi connectivity index (χ3n) is 3.03. The second-order valence-corrected chi connectivity index (χ2v) is 6.27. The molecule has 0 bridgehead atoms. The van der Waals surface area contributed by atoms with Crippen LogP contribution >= 0.6 is 0 Å². The van der Waals surface area contributed by atoms with Crippen LogP contribution in [0.15, 0.2) is 18.2 Å². The summed E-state index contributed by atoms with van der Waals surface area (Å²) in [5, 5.41) is 7.47. The molecule has 1 aromatic heterocycles. The lowest BCUT2D eigenvalue weighted by Crippen LogP contribution is -2.57. The standard InChI is InChI=1S/C14H22N4O/c1-13(2)8-18(9-14(3,4)19-13)11-7-5-6-10(17-11)12(15)16/h5-7H,8-9H2,1-4H3,(H3,15,16). The van der Waals surface area contributed by atoms with E-state index >= 15 is 0 Å². The smallest absolute Gasteiger partial charge is 0.141 e. The van der Waals surface area contributed by atoms with Gasteiger partial charge in [0.25, 0.3) is 0 Å². The highest BCUT2D eigenvalue weighted by molar-refractivity contribution is 5.93. The monoisotopic (exact) mass is 262 g/mol. The maximum Gasteiger partial charge on any atom is 0.141 e. The summed E-state index contributed by atoms with van der Waals surface area (Å²) < 4.78 is 6.05. The predicted molar refractivity (Wildman–Crippen MR) is 76.7 cm³/mol. The van der Waals surface area contributed by atoms with Crippen LogP contribution in [-0.2, 0) is 4.74 Å². The number of nitrogens with zero attached hydrogens (tertiary/aromatic N) is 2. The molecule has 0 aromatic carbocycles. The van der Waals surface area contributed by atoms with Crippen molar-refractivity contribution in [2.75, 3.05) is 18.0 Å². The van der Waals surface area contributed by atoms with E-state index in [-0.39, 0.29) is 17.0 Å². The number of ether oxygens (including phenoxy) is 1. The van der Waals surface area contributed by atoms with Crippen LogP contribution in [0.2, 0.25) is 0 Å². The normalized spacial score (nSPS) is 21.2. The van der Waals surface area contributed by atoms with E-state index in [4.69, 9.17) is 15.9 Å². The molecule has 0 radical (unpaired) electrons. The lowest BCUT2D eigenvalue weighted by atomic mass is 9.99. The van der Waals surface area contributed by atoms with E-state index in [1.54, 1.807) is 6.07 Å². The summed E-state index contributed by atoms with van der Waals surface area (Å²) in [4.78, 5) is 6.64. The van der Waals surface area contributed by atoms with Gasteiger partial charge in [0.2, 0.25) is 0 Å². The number of hydrogen-bond donors (Lipinski definition) is 2. The largest absolute Gasteiger partial charge is 0.382 e. The fraction of sp³-hybridized carbons (Fsp3) is 0.571. The highest BCUT2D eigenvalue weighted by atomic mass is 16.5. The molecule has 1 aliphatic heterocycles. The summed E-state index contributed by atoms with van der Waals surface area (Å²) in [6.45, 7) is 9.85. The Morgan fingerprint density at radius 2 is 1.84 bits per heavy atom. The molecular weight excluding hydrogens is 240 g/mol. The van der Waals surface area contributed by atoms with Gasteiger partial charge in [0.05, 0.1) is 11.2 Å². The minimum Gasteiger partial charge on any atom is -0.382 e. The molecule has 0 aliphatic carbocycles. The van der Waals surface area contributed by atoms with Crippen molar-refractivity contribution in [2.24, 2.45) is 5.73 Å². The number of nitrogens with one attached hydrogen (secondary N) is 1. The molecule has 2 rings (SSSR count). The number of aromatic nitrogens is 1. The molecule has 0 saturated carbocycles. The number of nitrogens with two attached hydrogens (primary N) is 1. The Hall–Kier alpha value is -1.62. The van der Waals surface area contributed by atoms with Crippen LogP contribution in [0.1, 0.15) is 33.4 Å². The molecule has 0 spiro atoms. The SMILES string of the molecule is CC1(C)CN(c2cccc(C(=N)N)n2)CC(C)(C)O1.